The number of nitrogens with one attached hydrogen (secondary N) is 2. The molecular formula is C24H27FN4O4. The van der Waals surface area contributed by atoms with E-state index in [9.17, 15) is 14.0 Å². The molecule has 2 N–H and O–H groups in total. The van der Waals surface area contributed by atoms with Crippen molar-refractivity contribution in [1.82, 2.24) is 9.88 Å². The van der Waals surface area contributed by atoms with Crippen molar-refractivity contribution in [3.05, 3.63) is 54.0 Å². The molecule has 33 heavy (non-hydrogen) atoms. The van der Waals surface area contributed by atoms with Crippen LogP contribution in [-0.2, 0) is 9.53 Å². The summed E-state index contributed by atoms with van der Waals surface area (Å²) in [5, 5.41) is 3.57. The largest absolute Gasteiger partial charge is 0.497 e. The van der Waals surface area contributed by atoms with Gasteiger partial charge in [0.05, 0.1) is 25.9 Å². The maximum absolute atomic E-state index is 13.2. The Bertz CT molecular complexity index is 1140. The third-order valence-corrected chi connectivity index (χ3v) is 5.68. The van der Waals surface area contributed by atoms with Crippen molar-refractivity contribution >= 4 is 34.2 Å². The van der Waals surface area contributed by atoms with Crippen LogP contribution in [0.5, 0.6) is 5.75 Å². The Balaban J connectivity index is 1.44. The second-order valence-electron chi connectivity index (χ2n) is 7.79. The summed E-state index contributed by atoms with van der Waals surface area (Å²) >= 11 is 0. The average Bonchev–Trinajstić information content (AvgIpc) is 3.17. The normalized spacial score (nSPS) is 14.3. The highest BCUT2D eigenvalue weighted by atomic mass is 19.1. The molecule has 1 aliphatic heterocycles. The molecule has 0 aliphatic carbocycles. The average molecular weight is 455 g/mol. The van der Waals surface area contributed by atoms with Crippen LogP contribution in [0.25, 0.3) is 10.9 Å². The van der Waals surface area contributed by atoms with Crippen LogP contribution in [0.15, 0.2) is 42.5 Å². The van der Waals surface area contributed by atoms with Gasteiger partial charge in [-0.25, -0.2) is 9.18 Å². The van der Waals surface area contributed by atoms with Gasteiger partial charge in [0.2, 0.25) is 5.91 Å². The van der Waals surface area contributed by atoms with Gasteiger partial charge in [0, 0.05) is 42.8 Å². The molecular weight excluding hydrogens is 427 g/mol. The molecule has 1 saturated heterocycles. The molecule has 1 aromatic heterocycles. The minimum Gasteiger partial charge on any atom is -0.497 e. The van der Waals surface area contributed by atoms with Crippen molar-refractivity contribution in [3.63, 3.8) is 0 Å². The number of piperazine rings is 1. The van der Waals surface area contributed by atoms with Gasteiger partial charge in [-0.3, -0.25) is 9.69 Å². The van der Waals surface area contributed by atoms with Crippen LogP contribution in [0.3, 0.4) is 0 Å². The lowest BCUT2D eigenvalue weighted by atomic mass is 10.2. The van der Waals surface area contributed by atoms with E-state index in [4.69, 9.17) is 9.47 Å². The molecule has 1 amide bonds. The lowest BCUT2D eigenvalue weighted by Gasteiger charge is -2.35. The molecule has 8 nitrogen and oxygen atoms in total. The Morgan fingerprint density at radius 1 is 1.09 bits per heavy atom. The highest BCUT2D eigenvalue weighted by Gasteiger charge is 2.23. The summed E-state index contributed by atoms with van der Waals surface area (Å²) in [7, 11) is 1.56. The minimum atomic E-state index is -0.532. The number of halogens is 1. The van der Waals surface area contributed by atoms with Crippen molar-refractivity contribution in [1.29, 1.82) is 0 Å². The van der Waals surface area contributed by atoms with Gasteiger partial charge in [-0.05, 0) is 49.4 Å². The predicted octanol–water partition coefficient (Wildman–Crippen LogP) is 3.25. The Morgan fingerprint density at radius 2 is 1.82 bits per heavy atom. The van der Waals surface area contributed by atoms with E-state index < -0.39 is 5.97 Å². The first-order valence-electron chi connectivity index (χ1n) is 10.9. The maximum atomic E-state index is 13.2. The second-order valence-corrected chi connectivity index (χ2v) is 7.79. The van der Waals surface area contributed by atoms with Gasteiger partial charge in [0.1, 0.15) is 17.3 Å². The summed E-state index contributed by atoms with van der Waals surface area (Å²) < 4.78 is 23.6. The molecule has 0 unspecified atom stereocenters. The smallest absolute Gasteiger partial charge is 0.356 e. The first-order chi connectivity index (χ1) is 16.0. The number of aromatic amines is 1. The van der Waals surface area contributed by atoms with Gasteiger partial charge >= 0.3 is 5.97 Å². The number of esters is 1. The van der Waals surface area contributed by atoms with E-state index in [1.54, 1.807) is 44.4 Å². The van der Waals surface area contributed by atoms with Crippen LogP contribution in [-0.4, -0.2) is 68.2 Å². The van der Waals surface area contributed by atoms with E-state index in [1.807, 2.05) is 0 Å². The van der Waals surface area contributed by atoms with Crippen LogP contribution < -0.4 is 15.0 Å². The summed E-state index contributed by atoms with van der Waals surface area (Å²) in [6.07, 6.45) is 0. The zero-order valence-electron chi connectivity index (χ0n) is 18.7. The predicted molar refractivity (Wildman–Crippen MR) is 124 cm³/mol. The Hall–Kier alpha value is -3.59. The number of amides is 1. The molecule has 0 atom stereocenters. The first-order valence-corrected chi connectivity index (χ1v) is 10.9. The molecule has 1 aliphatic rings. The number of rotatable bonds is 7. The minimum absolute atomic E-state index is 0.191. The molecule has 4 rings (SSSR count). The Morgan fingerprint density at radius 3 is 2.48 bits per heavy atom. The number of fused-ring (bicyclic) bond motifs is 1. The van der Waals surface area contributed by atoms with Gasteiger partial charge < -0.3 is 24.7 Å². The number of carbonyl (C=O) groups is 2. The lowest BCUT2D eigenvalue weighted by Crippen LogP contribution is -2.48. The highest BCUT2D eigenvalue weighted by Crippen LogP contribution is 2.31. The van der Waals surface area contributed by atoms with E-state index >= 15 is 0 Å². The fourth-order valence-corrected chi connectivity index (χ4v) is 3.98. The van der Waals surface area contributed by atoms with Crippen molar-refractivity contribution in [2.45, 2.75) is 6.92 Å². The number of ether oxygens (including phenoxy) is 2. The fourth-order valence-electron chi connectivity index (χ4n) is 3.98. The standard InChI is InChI=1S/C24H27FN4O4/c1-3-33-24(31)23-22(19-14-18(32-2)8-9-20(19)26-23)27-21(30)15-28-10-12-29(13-11-28)17-6-4-16(25)5-7-17/h4-9,14,26H,3,10-13,15H2,1-2H3,(H,27,30). The number of hydrogen-bond acceptors (Lipinski definition) is 6. The molecule has 0 bridgehead atoms. The number of nitrogens with zero attached hydrogens (tertiary/aromatic N) is 2. The number of carbonyl (C=O) groups excluding carboxylic acids is 2. The van der Waals surface area contributed by atoms with Gasteiger partial charge in [-0.15, -0.1) is 0 Å². The fraction of sp³-hybridized carbons (Fsp3) is 0.333. The zero-order valence-corrected chi connectivity index (χ0v) is 18.7. The first kappa shape index (κ1) is 22.6. The number of methoxy groups -OCH3 is 1. The molecule has 1 fully saturated rings. The molecule has 2 heterocycles. The topological polar surface area (TPSA) is 86.9 Å². The molecule has 174 valence electrons. The number of benzene rings is 2. The molecule has 0 spiro atoms. The number of H-pyrrole nitrogens is 1. The Kier molecular flexibility index (Phi) is 6.79. The van der Waals surface area contributed by atoms with Gasteiger partial charge in [-0.1, -0.05) is 0 Å². The molecule has 0 saturated carbocycles. The molecule has 0 radical (unpaired) electrons. The van der Waals surface area contributed by atoms with Crippen LogP contribution >= 0.6 is 0 Å². The number of anilines is 2. The van der Waals surface area contributed by atoms with E-state index in [1.165, 1.54) is 12.1 Å². The van der Waals surface area contributed by atoms with Crippen molar-refractivity contribution < 1.29 is 23.5 Å². The van der Waals surface area contributed by atoms with Gasteiger partial charge in [-0.2, -0.15) is 0 Å². The van der Waals surface area contributed by atoms with Crippen molar-refractivity contribution in [2.75, 3.05) is 56.7 Å². The Labute approximate surface area is 191 Å². The summed E-state index contributed by atoms with van der Waals surface area (Å²) in [5.74, 6) is -0.397. The molecule has 9 heteroatoms. The van der Waals surface area contributed by atoms with E-state index in [0.29, 0.717) is 35.4 Å². The van der Waals surface area contributed by atoms with Crippen molar-refractivity contribution in [2.24, 2.45) is 0 Å². The summed E-state index contributed by atoms with van der Waals surface area (Å²) in [4.78, 5) is 32.6. The van der Waals surface area contributed by atoms with E-state index in [-0.39, 0.29) is 30.6 Å². The van der Waals surface area contributed by atoms with E-state index in [0.717, 1.165) is 18.8 Å². The van der Waals surface area contributed by atoms with Crippen LogP contribution in [0.1, 0.15) is 17.4 Å². The third kappa shape index (κ3) is 5.09. The highest BCUT2D eigenvalue weighted by molar-refractivity contribution is 6.11. The SMILES string of the molecule is CCOC(=O)c1[nH]c2ccc(OC)cc2c1NC(=O)CN1CCN(c2ccc(F)cc2)CC1. The van der Waals surface area contributed by atoms with Crippen LogP contribution in [0.4, 0.5) is 15.8 Å². The monoisotopic (exact) mass is 454 g/mol. The van der Waals surface area contributed by atoms with Gasteiger partial charge in [0.25, 0.3) is 0 Å². The summed E-state index contributed by atoms with van der Waals surface area (Å²) in [6.45, 7) is 5.00. The molecule has 3 aromatic rings. The van der Waals surface area contributed by atoms with Crippen molar-refractivity contribution in [3.8, 4) is 5.75 Å². The second kappa shape index (κ2) is 9.91. The lowest BCUT2D eigenvalue weighted by molar-refractivity contribution is -0.117. The number of aromatic nitrogens is 1. The van der Waals surface area contributed by atoms with E-state index in [2.05, 4.69) is 20.1 Å². The number of hydrogen-bond donors (Lipinski definition) is 2. The third-order valence-electron chi connectivity index (χ3n) is 5.68. The molecule has 2 aromatic carbocycles. The van der Waals surface area contributed by atoms with Gasteiger partial charge in [0.15, 0.2) is 0 Å². The quantitative estimate of drug-likeness (QED) is 0.533. The maximum Gasteiger partial charge on any atom is 0.356 e. The van der Waals surface area contributed by atoms with Crippen LogP contribution in [0.2, 0.25) is 0 Å². The summed E-state index contributed by atoms with van der Waals surface area (Å²) in [6, 6.07) is 11.8. The van der Waals surface area contributed by atoms with Crippen LogP contribution in [0, 0.1) is 5.82 Å². The zero-order chi connectivity index (χ0) is 23.4. The summed E-state index contributed by atoms with van der Waals surface area (Å²) in [5.41, 5.74) is 2.25.